The second-order valence-corrected chi connectivity index (χ2v) is 7.01. The molecule has 0 bridgehead atoms. The molecule has 4 heteroatoms. The van der Waals surface area contributed by atoms with Gasteiger partial charge in [0.2, 0.25) is 0 Å². The first-order chi connectivity index (χ1) is 4.01. The predicted octanol–water partition coefficient (Wildman–Crippen LogP) is 2.29. The molecule has 54 valence electrons. The summed E-state index contributed by atoms with van der Waals surface area (Å²) in [6, 6.07) is 0. The summed E-state index contributed by atoms with van der Waals surface area (Å²) in [6.45, 7) is 4.04. The molecule has 2 unspecified atom stereocenters. The molecule has 1 heterocycles. The minimum atomic E-state index is -0.422. The highest BCUT2D eigenvalue weighted by atomic mass is 127. The van der Waals surface area contributed by atoms with Crippen LogP contribution in [0.2, 0.25) is 0 Å². The second kappa shape index (κ2) is 2.78. The van der Waals surface area contributed by atoms with Crippen molar-refractivity contribution in [3.8, 4) is 0 Å². The van der Waals surface area contributed by atoms with Gasteiger partial charge in [-0.2, -0.15) is 0 Å². The van der Waals surface area contributed by atoms with Gasteiger partial charge in [0.25, 0.3) is 1.80 Å². The van der Waals surface area contributed by atoms with Crippen LogP contribution in [0.5, 0.6) is 0 Å². The molecule has 0 aromatic carbocycles. The van der Waals surface area contributed by atoms with Crippen LogP contribution in [-0.2, 0) is 9.47 Å². The molecule has 0 aromatic rings. The molecule has 0 aromatic heterocycles. The molecule has 0 amide bonds. The van der Waals surface area contributed by atoms with Gasteiger partial charge < -0.3 is 9.47 Å². The van der Waals surface area contributed by atoms with Crippen molar-refractivity contribution in [3.05, 3.63) is 0 Å². The van der Waals surface area contributed by atoms with Crippen molar-refractivity contribution in [2.75, 3.05) is 0 Å². The van der Waals surface area contributed by atoms with Gasteiger partial charge in [0.15, 0.2) is 0 Å². The van der Waals surface area contributed by atoms with Crippen molar-refractivity contribution >= 4 is 45.2 Å². The molecule has 1 aliphatic rings. The fourth-order valence-corrected chi connectivity index (χ4v) is 2.26. The van der Waals surface area contributed by atoms with Gasteiger partial charge in [0.05, 0.1) is 12.2 Å². The average Bonchev–Trinajstić information content (AvgIpc) is 1.79. The van der Waals surface area contributed by atoms with Crippen LogP contribution in [-0.4, -0.2) is 14.0 Å². The Morgan fingerprint density at radius 3 is 1.56 bits per heavy atom. The molecule has 9 heavy (non-hydrogen) atoms. The van der Waals surface area contributed by atoms with Crippen LogP contribution in [0, 0.1) is 0 Å². The Bertz CT molecular complexity index is 104. The molecular formula is C5H8I2O2. The third-order valence-corrected chi connectivity index (χ3v) is 2.32. The molecule has 2 atom stereocenters. The van der Waals surface area contributed by atoms with E-state index in [4.69, 9.17) is 9.47 Å². The van der Waals surface area contributed by atoms with E-state index in [1.807, 2.05) is 13.8 Å². The van der Waals surface area contributed by atoms with Crippen LogP contribution in [0.1, 0.15) is 13.8 Å². The van der Waals surface area contributed by atoms with Gasteiger partial charge in [-0.1, -0.05) is 0 Å². The van der Waals surface area contributed by atoms with E-state index < -0.39 is 1.80 Å². The normalized spacial score (nSPS) is 41.3. The summed E-state index contributed by atoms with van der Waals surface area (Å²) >= 11 is 4.28. The zero-order chi connectivity index (χ0) is 7.07. The lowest BCUT2D eigenvalue weighted by atomic mass is 10.3. The third kappa shape index (κ3) is 2.16. The van der Waals surface area contributed by atoms with Crippen molar-refractivity contribution in [2.24, 2.45) is 0 Å². The Kier molecular flexibility index (Phi) is 2.62. The molecular weight excluding hydrogens is 346 g/mol. The Balaban J connectivity index is 2.54. The van der Waals surface area contributed by atoms with Crippen molar-refractivity contribution in [3.63, 3.8) is 0 Å². The first kappa shape index (κ1) is 8.48. The van der Waals surface area contributed by atoms with E-state index in [0.717, 1.165) is 0 Å². The molecule has 1 aliphatic heterocycles. The van der Waals surface area contributed by atoms with Crippen molar-refractivity contribution < 1.29 is 9.47 Å². The number of rotatable bonds is 0. The second-order valence-electron chi connectivity index (χ2n) is 2.11. The van der Waals surface area contributed by atoms with Crippen molar-refractivity contribution in [2.45, 2.75) is 27.9 Å². The van der Waals surface area contributed by atoms with E-state index in [9.17, 15) is 0 Å². The third-order valence-electron chi connectivity index (χ3n) is 1.31. The molecule has 1 saturated heterocycles. The lowest BCUT2D eigenvalue weighted by Crippen LogP contribution is -2.13. The highest BCUT2D eigenvalue weighted by molar-refractivity contribution is 14.2. The maximum atomic E-state index is 5.41. The van der Waals surface area contributed by atoms with Gasteiger partial charge in [-0.3, -0.25) is 0 Å². The van der Waals surface area contributed by atoms with Crippen LogP contribution < -0.4 is 0 Å². The largest absolute Gasteiger partial charge is 0.328 e. The monoisotopic (exact) mass is 354 g/mol. The molecule has 0 N–H and O–H groups in total. The maximum absolute atomic E-state index is 5.41. The average molecular weight is 354 g/mol. The van der Waals surface area contributed by atoms with Gasteiger partial charge in [0.1, 0.15) is 0 Å². The van der Waals surface area contributed by atoms with Crippen LogP contribution in [0.15, 0.2) is 0 Å². The van der Waals surface area contributed by atoms with E-state index in [2.05, 4.69) is 45.2 Å². The Morgan fingerprint density at radius 2 is 1.44 bits per heavy atom. The van der Waals surface area contributed by atoms with Crippen LogP contribution >= 0.6 is 45.2 Å². The summed E-state index contributed by atoms with van der Waals surface area (Å²) in [5.41, 5.74) is 0. The summed E-state index contributed by atoms with van der Waals surface area (Å²) < 4.78 is 10.4. The van der Waals surface area contributed by atoms with Gasteiger partial charge in [-0.15, -0.1) is 0 Å². The van der Waals surface area contributed by atoms with Gasteiger partial charge in [-0.05, 0) is 13.8 Å². The number of hydrogen-bond donors (Lipinski definition) is 0. The molecule has 0 saturated carbocycles. The van der Waals surface area contributed by atoms with Gasteiger partial charge in [0, 0.05) is 45.2 Å². The van der Waals surface area contributed by atoms with E-state index in [-0.39, 0.29) is 12.2 Å². The molecule has 1 fully saturated rings. The summed E-state index contributed by atoms with van der Waals surface area (Å²) in [5, 5.41) is 0. The lowest BCUT2D eigenvalue weighted by molar-refractivity contribution is 0.00954. The standard InChI is InChI=1S/C5H8I2O2/c1-3-4(2)9-5(6,7)8-3/h3-4H,1-2H3. The van der Waals surface area contributed by atoms with Gasteiger partial charge >= 0.3 is 0 Å². The molecule has 2 nitrogen and oxygen atoms in total. The number of ether oxygens (including phenoxy) is 2. The van der Waals surface area contributed by atoms with E-state index in [1.54, 1.807) is 0 Å². The summed E-state index contributed by atoms with van der Waals surface area (Å²) in [6.07, 6.45) is 0.442. The Morgan fingerprint density at radius 1 is 1.11 bits per heavy atom. The fourth-order valence-electron chi connectivity index (χ4n) is 0.652. The topological polar surface area (TPSA) is 18.5 Å². The summed E-state index contributed by atoms with van der Waals surface area (Å²) in [4.78, 5) is 0. The predicted molar refractivity (Wildman–Crippen MR) is 51.9 cm³/mol. The van der Waals surface area contributed by atoms with E-state index in [0.29, 0.717) is 0 Å². The SMILES string of the molecule is CC1OC(I)(I)OC1C. The van der Waals surface area contributed by atoms with Crippen LogP contribution in [0.4, 0.5) is 0 Å². The molecule has 0 aliphatic carbocycles. The Hall–Kier alpha value is 1.38. The van der Waals surface area contributed by atoms with Crippen molar-refractivity contribution in [1.29, 1.82) is 0 Å². The number of alkyl halides is 2. The quantitative estimate of drug-likeness (QED) is 0.491. The smallest absolute Gasteiger partial charge is 0.275 e. The Labute approximate surface area is 81.9 Å². The van der Waals surface area contributed by atoms with Crippen LogP contribution in [0.25, 0.3) is 0 Å². The molecule has 0 spiro atoms. The minimum Gasteiger partial charge on any atom is -0.328 e. The molecule has 1 rings (SSSR count). The number of halogens is 2. The lowest BCUT2D eigenvalue weighted by Gasteiger charge is -2.10. The van der Waals surface area contributed by atoms with E-state index in [1.165, 1.54) is 0 Å². The van der Waals surface area contributed by atoms with Crippen LogP contribution in [0.3, 0.4) is 0 Å². The number of hydrogen-bond acceptors (Lipinski definition) is 2. The highest BCUT2D eigenvalue weighted by Crippen LogP contribution is 2.39. The minimum absolute atomic E-state index is 0.221. The maximum Gasteiger partial charge on any atom is 0.275 e. The zero-order valence-corrected chi connectivity index (χ0v) is 9.54. The highest BCUT2D eigenvalue weighted by Gasteiger charge is 2.39. The zero-order valence-electron chi connectivity index (χ0n) is 5.23. The first-order valence-electron chi connectivity index (χ1n) is 2.75. The molecule has 0 radical (unpaired) electrons. The summed E-state index contributed by atoms with van der Waals surface area (Å²) in [5.74, 6) is 0. The van der Waals surface area contributed by atoms with E-state index >= 15 is 0 Å². The first-order valence-corrected chi connectivity index (χ1v) is 4.90. The summed E-state index contributed by atoms with van der Waals surface area (Å²) in [7, 11) is 0. The fraction of sp³-hybridized carbons (Fsp3) is 1.00. The van der Waals surface area contributed by atoms with Crippen molar-refractivity contribution in [1.82, 2.24) is 0 Å². The van der Waals surface area contributed by atoms with Gasteiger partial charge in [-0.25, -0.2) is 0 Å².